The first kappa shape index (κ1) is 18.1. The van der Waals surface area contributed by atoms with Crippen LogP contribution in [0.2, 0.25) is 0 Å². The van der Waals surface area contributed by atoms with Crippen LogP contribution in [0.15, 0.2) is 18.2 Å². The Morgan fingerprint density at radius 3 is 2.18 bits per heavy atom. The van der Waals surface area contributed by atoms with Crippen molar-refractivity contribution in [1.29, 1.82) is 0 Å². The monoisotopic (exact) mass is 310 g/mol. The molecule has 0 bridgehead atoms. The van der Waals surface area contributed by atoms with Crippen LogP contribution in [0.5, 0.6) is 11.5 Å². The van der Waals surface area contributed by atoms with Crippen molar-refractivity contribution in [2.75, 3.05) is 26.1 Å². The van der Waals surface area contributed by atoms with Crippen molar-refractivity contribution >= 4 is 11.7 Å². The summed E-state index contributed by atoms with van der Waals surface area (Å²) >= 11 is 0. The highest BCUT2D eigenvalue weighted by Crippen LogP contribution is 2.25. The van der Waals surface area contributed by atoms with E-state index in [0.717, 1.165) is 0 Å². The molecule has 124 valence electrons. The molecule has 0 fully saturated rings. The molecule has 0 aliphatic heterocycles. The van der Waals surface area contributed by atoms with E-state index in [9.17, 15) is 9.90 Å². The Morgan fingerprint density at radius 1 is 1.18 bits per heavy atom. The number of aliphatic hydroxyl groups is 1. The number of nitrogens with one attached hydrogen (secondary N) is 2. The van der Waals surface area contributed by atoms with Gasteiger partial charge < -0.3 is 25.2 Å². The van der Waals surface area contributed by atoms with E-state index in [4.69, 9.17) is 9.47 Å². The summed E-state index contributed by atoms with van der Waals surface area (Å²) < 4.78 is 10.3. The van der Waals surface area contributed by atoms with Gasteiger partial charge in [-0.2, -0.15) is 0 Å². The Kier molecular flexibility index (Phi) is 6.49. The fraction of sp³-hybridized carbons (Fsp3) is 0.562. The van der Waals surface area contributed by atoms with Gasteiger partial charge in [-0.05, 0) is 11.8 Å². The van der Waals surface area contributed by atoms with Crippen molar-refractivity contribution in [3.05, 3.63) is 18.2 Å². The standard InChI is InChI=1S/C16H26N2O4/c1-16(2,3)14(19)6-7-17-15(20)18-11-8-12(21-4)10-13(9-11)22-5/h8-10,14,19H,6-7H2,1-5H3,(H2,17,18,20). The first-order valence-electron chi connectivity index (χ1n) is 7.22. The Morgan fingerprint density at radius 2 is 1.73 bits per heavy atom. The van der Waals surface area contributed by atoms with Gasteiger partial charge in [-0.25, -0.2) is 4.79 Å². The molecule has 22 heavy (non-hydrogen) atoms. The van der Waals surface area contributed by atoms with Crippen LogP contribution < -0.4 is 20.1 Å². The number of benzene rings is 1. The summed E-state index contributed by atoms with van der Waals surface area (Å²) in [5, 5.41) is 15.3. The number of rotatable bonds is 6. The number of carbonyl (C=O) groups excluding carboxylic acids is 1. The lowest BCUT2D eigenvalue weighted by Gasteiger charge is -2.25. The molecule has 0 spiro atoms. The topological polar surface area (TPSA) is 79.8 Å². The number of methoxy groups -OCH3 is 2. The van der Waals surface area contributed by atoms with E-state index in [-0.39, 0.29) is 11.4 Å². The van der Waals surface area contributed by atoms with Gasteiger partial charge in [0.2, 0.25) is 0 Å². The maximum Gasteiger partial charge on any atom is 0.319 e. The zero-order valence-electron chi connectivity index (χ0n) is 13.9. The molecule has 1 unspecified atom stereocenters. The van der Waals surface area contributed by atoms with Crippen LogP contribution in [0.4, 0.5) is 10.5 Å². The van der Waals surface area contributed by atoms with Gasteiger partial charge in [-0.15, -0.1) is 0 Å². The van der Waals surface area contributed by atoms with Gasteiger partial charge in [0.25, 0.3) is 0 Å². The minimum Gasteiger partial charge on any atom is -0.497 e. The van der Waals surface area contributed by atoms with Gasteiger partial charge in [-0.1, -0.05) is 20.8 Å². The highest BCUT2D eigenvalue weighted by atomic mass is 16.5. The predicted molar refractivity (Wildman–Crippen MR) is 86.6 cm³/mol. The van der Waals surface area contributed by atoms with E-state index < -0.39 is 6.10 Å². The summed E-state index contributed by atoms with van der Waals surface area (Å²) in [6, 6.07) is 4.79. The van der Waals surface area contributed by atoms with E-state index >= 15 is 0 Å². The average Bonchev–Trinajstić information content (AvgIpc) is 2.45. The largest absolute Gasteiger partial charge is 0.497 e. The van der Waals surface area contributed by atoms with E-state index in [1.54, 1.807) is 32.4 Å². The average molecular weight is 310 g/mol. The first-order valence-corrected chi connectivity index (χ1v) is 7.22. The molecule has 0 aliphatic rings. The van der Waals surface area contributed by atoms with E-state index in [2.05, 4.69) is 10.6 Å². The molecule has 0 saturated carbocycles. The minimum atomic E-state index is -0.468. The number of carbonyl (C=O) groups is 1. The molecule has 0 radical (unpaired) electrons. The summed E-state index contributed by atoms with van der Waals surface area (Å²) in [4.78, 5) is 11.9. The highest BCUT2D eigenvalue weighted by molar-refractivity contribution is 5.89. The molecule has 2 amide bonds. The van der Waals surface area contributed by atoms with Crippen molar-refractivity contribution in [2.24, 2.45) is 5.41 Å². The van der Waals surface area contributed by atoms with Crippen LogP contribution in [-0.2, 0) is 0 Å². The van der Waals surface area contributed by atoms with Gasteiger partial charge >= 0.3 is 6.03 Å². The summed E-state index contributed by atoms with van der Waals surface area (Å²) in [5.74, 6) is 1.19. The quantitative estimate of drug-likeness (QED) is 0.754. The zero-order chi connectivity index (χ0) is 16.8. The molecule has 0 aliphatic carbocycles. The third-order valence-electron chi connectivity index (χ3n) is 3.31. The maximum atomic E-state index is 11.9. The third kappa shape index (κ3) is 5.81. The van der Waals surface area contributed by atoms with Crippen LogP contribution >= 0.6 is 0 Å². The molecular weight excluding hydrogens is 284 g/mol. The smallest absolute Gasteiger partial charge is 0.319 e. The minimum absolute atomic E-state index is 0.196. The molecule has 0 saturated heterocycles. The van der Waals surface area contributed by atoms with Crippen LogP contribution in [0, 0.1) is 5.41 Å². The number of ether oxygens (including phenoxy) is 2. The molecule has 1 aromatic rings. The van der Waals surface area contributed by atoms with Gasteiger partial charge in [0.05, 0.1) is 20.3 Å². The maximum absolute atomic E-state index is 11.9. The third-order valence-corrected chi connectivity index (χ3v) is 3.31. The Hall–Kier alpha value is -1.95. The van der Waals surface area contributed by atoms with Crippen LogP contribution in [-0.4, -0.2) is 38.0 Å². The van der Waals surface area contributed by atoms with Crippen molar-refractivity contribution in [3.8, 4) is 11.5 Å². The van der Waals surface area contributed by atoms with Gasteiger partial charge in [0.1, 0.15) is 11.5 Å². The summed E-state index contributed by atoms with van der Waals surface area (Å²) in [6.45, 7) is 6.27. The lowest BCUT2D eigenvalue weighted by molar-refractivity contribution is 0.0565. The Balaban J connectivity index is 2.52. The molecule has 1 atom stereocenters. The summed E-state index contributed by atoms with van der Waals surface area (Å²) in [6.07, 6.45) is 0.0305. The second-order valence-corrected chi connectivity index (χ2v) is 6.15. The second kappa shape index (κ2) is 7.89. The molecule has 0 aromatic heterocycles. The first-order chi connectivity index (χ1) is 10.3. The second-order valence-electron chi connectivity index (χ2n) is 6.15. The zero-order valence-corrected chi connectivity index (χ0v) is 13.9. The summed E-state index contributed by atoms with van der Waals surface area (Å²) in [7, 11) is 3.10. The number of hydrogen-bond donors (Lipinski definition) is 3. The van der Waals surface area contributed by atoms with E-state index in [1.807, 2.05) is 20.8 Å². The Labute approximate surface area is 131 Å². The summed E-state index contributed by atoms with van der Waals surface area (Å²) in [5.41, 5.74) is 0.378. The molecule has 1 rings (SSSR count). The Bertz CT molecular complexity index is 475. The number of hydrogen-bond acceptors (Lipinski definition) is 4. The van der Waals surface area contributed by atoms with Crippen molar-refractivity contribution in [2.45, 2.75) is 33.3 Å². The van der Waals surface area contributed by atoms with Gasteiger partial charge in [0.15, 0.2) is 0 Å². The lowest BCUT2D eigenvalue weighted by atomic mass is 9.87. The van der Waals surface area contributed by atoms with Crippen LogP contribution in [0.3, 0.4) is 0 Å². The van der Waals surface area contributed by atoms with Crippen molar-refractivity contribution in [3.63, 3.8) is 0 Å². The van der Waals surface area contributed by atoms with Gasteiger partial charge in [0, 0.05) is 30.4 Å². The van der Waals surface area contributed by atoms with Gasteiger partial charge in [-0.3, -0.25) is 0 Å². The van der Waals surface area contributed by atoms with Crippen molar-refractivity contribution in [1.82, 2.24) is 5.32 Å². The number of anilines is 1. The SMILES string of the molecule is COc1cc(NC(=O)NCCC(O)C(C)(C)C)cc(OC)c1. The van der Waals surface area contributed by atoms with E-state index in [1.165, 1.54) is 0 Å². The normalized spacial score (nSPS) is 12.5. The highest BCUT2D eigenvalue weighted by Gasteiger charge is 2.21. The molecule has 3 N–H and O–H groups in total. The lowest BCUT2D eigenvalue weighted by Crippen LogP contribution is -2.34. The van der Waals surface area contributed by atoms with Crippen molar-refractivity contribution < 1.29 is 19.4 Å². The fourth-order valence-electron chi connectivity index (χ4n) is 1.81. The van der Waals surface area contributed by atoms with E-state index in [0.29, 0.717) is 30.2 Å². The number of amides is 2. The molecule has 0 heterocycles. The number of aliphatic hydroxyl groups excluding tert-OH is 1. The molecule has 1 aromatic carbocycles. The predicted octanol–water partition coefficient (Wildman–Crippen LogP) is 2.62. The number of urea groups is 1. The molecular formula is C16H26N2O4. The van der Waals surface area contributed by atoms with Crippen LogP contribution in [0.25, 0.3) is 0 Å². The fourth-order valence-corrected chi connectivity index (χ4v) is 1.81. The molecule has 6 nitrogen and oxygen atoms in total. The van der Waals surface area contributed by atoms with Crippen LogP contribution in [0.1, 0.15) is 27.2 Å². The molecule has 6 heteroatoms.